The first kappa shape index (κ1) is 15.1. The Bertz CT molecular complexity index is 564. The molecule has 3 heteroatoms. The Morgan fingerprint density at radius 1 is 1.20 bits per heavy atom. The third-order valence-corrected chi connectivity index (χ3v) is 4.01. The third kappa shape index (κ3) is 3.06. The Hall–Kier alpha value is -1.28. The SMILES string of the molecule is CCC(CC)N(CCCl)c1cc(C)nc2ccccc12. The van der Waals surface area contributed by atoms with E-state index in [-0.39, 0.29) is 0 Å². The fourth-order valence-electron chi connectivity index (χ4n) is 2.84. The number of benzene rings is 1. The second kappa shape index (κ2) is 6.94. The van der Waals surface area contributed by atoms with Crippen LogP contribution in [0, 0.1) is 6.92 Å². The molecule has 1 aromatic heterocycles. The predicted molar refractivity (Wildman–Crippen MR) is 88.9 cm³/mol. The number of aryl methyl sites for hydroxylation is 1. The Kier molecular flexibility index (Phi) is 5.24. The summed E-state index contributed by atoms with van der Waals surface area (Å²) in [5, 5.41) is 1.22. The molecule has 2 nitrogen and oxygen atoms in total. The van der Waals surface area contributed by atoms with Crippen LogP contribution in [0.15, 0.2) is 30.3 Å². The molecule has 0 bridgehead atoms. The van der Waals surface area contributed by atoms with Crippen molar-refractivity contribution in [3.05, 3.63) is 36.0 Å². The Morgan fingerprint density at radius 3 is 2.55 bits per heavy atom. The molecule has 2 aromatic rings. The van der Waals surface area contributed by atoms with Crippen LogP contribution in [0.25, 0.3) is 10.9 Å². The molecule has 0 saturated carbocycles. The summed E-state index contributed by atoms with van der Waals surface area (Å²) in [6, 6.07) is 11.1. The van der Waals surface area contributed by atoms with E-state index in [9.17, 15) is 0 Å². The summed E-state index contributed by atoms with van der Waals surface area (Å²) in [5.41, 5.74) is 3.39. The van der Waals surface area contributed by atoms with Gasteiger partial charge in [-0.1, -0.05) is 32.0 Å². The first-order valence-electron chi connectivity index (χ1n) is 7.40. The molecule has 0 unspecified atom stereocenters. The summed E-state index contributed by atoms with van der Waals surface area (Å²) in [6.07, 6.45) is 2.26. The standard InChI is InChI=1S/C17H23ClN2/c1-4-14(5-2)20(11-10-18)17-12-13(3)19-16-9-7-6-8-15(16)17/h6-9,12,14H,4-5,10-11H2,1-3H3. The van der Waals surface area contributed by atoms with E-state index in [0.717, 1.165) is 30.6 Å². The average molecular weight is 291 g/mol. The maximum atomic E-state index is 6.04. The summed E-state index contributed by atoms with van der Waals surface area (Å²) in [6.45, 7) is 7.42. The van der Waals surface area contributed by atoms with Crippen LogP contribution in [0.2, 0.25) is 0 Å². The van der Waals surface area contributed by atoms with Crippen LogP contribution in [0.3, 0.4) is 0 Å². The van der Waals surface area contributed by atoms with Crippen molar-refractivity contribution in [1.29, 1.82) is 0 Å². The smallest absolute Gasteiger partial charge is 0.0726 e. The van der Waals surface area contributed by atoms with Gasteiger partial charge in [0.15, 0.2) is 0 Å². The number of hydrogen-bond donors (Lipinski definition) is 0. The van der Waals surface area contributed by atoms with Crippen LogP contribution in [-0.4, -0.2) is 23.5 Å². The van der Waals surface area contributed by atoms with Crippen molar-refractivity contribution in [3.8, 4) is 0 Å². The predicted octanol–water partition coefficient (Wildman–Crippen LogP) is 4.78. The lowest BCUT2D eigenvalue weighted by Crippen LogP contribution is -2.36. The highest BCUT2D eigenvalue weighted by molar-refractivity contribution is 6.18. The maximum Gasteiger partial charge on any atom is 0.0726 e. The molecule has 108 valence electrons. The van der Waals surface area contributed by atoms with Crippen LogP contribution >= 0.6 is 11.6 Å². The summed E-state index contributed by atoms with van der Waals surface area (Å²) < 4.78 is 0. The highest BCUT2D eigenvalue weighted by atomic mass is 35.5. The topological polar surface area (TPSA) is 16.1 Å². The van der Waals surface area contributed by atoms with Crippen molar-refractivity contribution in [2.24, 2.45) is 0 Å². The molecule has 2 rings (SSSR count). The van der Waals surface area contributed by atoms with Gasteiger partial charge in [0.1, 0.15) is 0 Å². The number of fused-ring (bicyclic) bond motifs is 1. The molecule has 20 heavy (non-hydrogen) atoms. The lowest BCUT2D eigenvalue weighted by atomic mass is 10.1. The molecule has 0 saturated heterocycles. The van der Waals surface area contributed by atoms with Gasteiger partial charge in [-0.3, -0.25) is 4.98 Å². The minimum Gasteiger partial charge on any atom is -0.367 e. The fourth-order valence-corrected chi connectivity index (χ4v) is 3.03. The van der Waals surface area contributed by atoms with E-state index in [0.29, 0.717) is 11.9 Å². The van der Waals surface area contributed by atoms with Crippen molar-refractivity contribution < 1.29 is 0 Å². The third-order valence-electron chi connectivity index (χ3n) is 3.84. The number of pyridine rings is 1. The van der Waals surface area contributed by atoms with Crippen molar-refractivity contribution in [2.75, 3.05) is 17.3 Å². The Balaban J connectivity index is 2.57. The Labute approximate surface area is 126 Å². The van der Waals surface area contributed by atoms with Gasteiger partial charge in [-0.2, -0.15) is 0 Å². The number of para-hydroxylation sites is 1. The zero-order valence-electron chi connectivity index (χ0n) is 12.6. The lowest BCUT2D eigenvalue weighted by Gasteiger charge is -2.33. The van der Waals surface area contributed by atoms with E-state index >= 15 is 0 Å². The first-order valence-corrected chi connectivity index (χ1v) is 7.93. The molecule has 0 aliphatic heterocycles. The van der Waals surface area contributed by atoms with Gasteiger partial charge < -0.3 is 4.90 Å². The monoisotopic (exact) mass is 290 g/mol. The number of aromatic nitrogens is 1. The van der Waals surface area contributed by atoms with Crippen molar-refractivity contribution >= 4 is 28.2 Å². The van der Waals surface area contributed by atoms with E-state index in [1.165, 1.54) is 11.1 Å². The molecular weight excluding hydrogens is 268 g/mol. The molecule has 1 aromatic carbocycles. The molecule has 0 atom stereocenters. The van der Waals surface area contributed by atoms with Crippen LogP contribution < -0.4 is 4.90 Å². The highest BCUT2D eigenvalue weighted by Gasteiger charge is 2.18. The van der Waals surface area contributed by atoms with Crippen molar-refractivity contribution in [1.82, 2.24) is 4.98 Å². The molecule has 0 spiro atoms. The van der Waals surface area contributed by atoms with Gasteiger partial charge in [0.2, 0.25) is 0 Å². The Morgan fingerprint density at radius 2 is 1.90 bits per heavy atom. The van der Waals surface area contributed by atoms with Crippen LogP contribution in [-0.2, 0) is 0 Å². The molecule has 0 radical (unpaired) electrons. The number of anilines is 1. The maximum absolute atomic E-state index is 6.04. The van der Waals surface area contributed by atoms with E-state index in [2.05, 4.69) is 54.9 Å². The van der Waals surface area contributed by atoms with Gasteiger partial charge in [0.05, 0.1) is 5.52 Å². The number of nitrogens with zero attached hydrogens (tertiary/aromatic N) is 2. The minimum absolute atomic E-state index is 0.527. The quantitative estimate of drug-likeness (QED) is 0.712. The summed E-state index contributed by atoms with van der Waals surface area (Å²) >= 11 is 6.04. The van der Waals surface area contributed by atoms with Crippen molar-refractivity contribution in [2.45, 2.75) is 39.7 Å². The second-order valence-electron chi connectivity index (χ2n) is 5.15. The fraction of sp³-hybridized carbons (Fsp3) is 0.471. The number of halogens is 1. The van der Waals surface area contributed by atoms with Crippen LogP contribution in [0.5, 0.6) is 0 Å². The van der Waals surface area contributed by atoms with Crippen LogP contribution in [0.4, 0.5) is 5.69 Å². The van der Waals surface area contributed by atoms with Gasteiger partial charge in [-0.05, 0) is 31.9 Å². The highest BCUT2D eigenvalue weighted by Crippen LogP contribution is 2.29. The van der Waals surface area contributed by atoms with E-state index < -0.39 is 0 Å². The number of alkyl halides is 1. The normalized spacial score (nSPS) is 11.2. The zero-order valence-corrected chi connectivity index (χ0v) is 13.3. The molecule has 0 aliphatic carbocycles. The van der Waals surface area contributed by atoms with Crippen molar-refractivity contribution in [3.63, 3.8) is 0 Å². The lowest BCUT2D eigenvalue weighted by molar-refractivity contribution is 0.569. The first-order chi connectivity index (χ1) is 9.71. The molecule has 0 amide bonds. The van der Waals surface area contributed by atoms with Crippen LogP contribution in [0.1, 0.15) is 32.4 Å². The van der Waals surface area contributed by atoms with Gasteiger partial charge >= 0.3 is 0 Å². The van der Waals surface area contributed by atoms with E-state index in [1.807, 2.05) is 6.07 Å². The minimum atomic E-state index is 0.527. The van der Waals surface area contributed by atoms with E-state index in [1.54, 1.807) is 0 Å². The van der Waals surface area contributed by atoms with E-state index in [4.69, 9.17) is 11.6 Å². The molecular formula is C17H23ClN2. The molecule has 0 N–H and O–H groups in total. The summed E-state index contributed by atoms with van der Waals surface area (Å²) in [7, 11) is 0. The summed E-state index contributed by atoms with van der Waals surface area (Å²) in [4.78, 5) is 7.08. The molecule has 0 fully saturated rings. The van der Waals surface area contributed by atoms with Gasteiger partial charge in [0.25, 0.3) is 0 Å². The zero-order chi connectivity index (χ0) is 14.5. The summed E-state index contributed by atoms with van der Waals surface area (Å²) in [5.74, 6) is 0.645. The van der Waals surface area contributed by atoms with Gasteiger partial charge in [0, 0.05) is 35.2 Å². The second-order valence-corrected chi connectivity index (χ2v) is 5.53. The number of rotatable bonds is 6. The number of hydrogen-bond acceptors (Lipinski definition) is 2. The van der Waals surface area contributed by atoms with Gasteiger partial charge in [-0.15, -0.1) is 11.6 Å². The molecule has 1 heterocycles. The van der Waals surface area contributed by atoms with Gasteiger partial charge in [-0.25, -0.2) is 0 Å². The average Bonchev–Trinajstić information content (AvgIpc) is 2.46. The molecule has 0 aliphatic rings. The largest absolute Gasteiger partial charge is 0.367 e.